The van der Waals surface area contributed by atoms with Gasteiger partial charge in [-0.15, -0.1) is 0 Å². The maximum absolute atomic E-state index is 13.0. The van der Waals surface area contributed by atoms with E-state index in [1.807, 2.05) is 41.5 Å². The van der Waals surface area contributed by atoms with Crippen molar-refractivity contribution in [3.63, 3.8) is 0 Å². The van der Waals surface area contributed by atoms with Gasteiger partial charge in [-0.2, -0.15) is 0 Å². The Morgan fingerprint density at radius 2 is 1.53 bits per heavy atom. The number of aromatic nitrogens is 4. The van der Waals surface area contributed by atoms with Crippen LogP contribution in [0.15, 0.2) is 60.7 Å². The summed E-state index contributed by atoms with van der Waals surface area (Å²) < 4.78 is 17.4. The highest BCUT2D eigenvalue weighted by atomic mass is 16.6. The standard InChI is InChI=1S/C44H52N6O5/c1-43(2,3)54-41(51)45-25-30-9-7-10-31(30)39-46-33-19-17-28(23-35(33)48-39)26-12-14-27(15-13-26)29-16-18-32-37(24-29)53-22-20-34-38(32)49-40(47-34)36-11-8-21-50(36)42(52)55-44(4,5)6/h12-19,23-24,30-31,36H,7-11,20-22,25H2,1-6H3,(H,45,51)(H,46,48)(H,47,49). The van der Waals surface area contributed by atoms with Crippen LogP contribution in [-0.2, 0) is 15.9 Å². The third kappa shape index (κ3) is 7.93. The number of rotatable bonds is 6. The number of carbonyl (C=O) groups excluding carboxylic acids is 2. The van der Waals surface area contributed by atoms with Crippen molar-refractivity contribution in [1.82, 2.24) is 30.2 Å². The van der Waals surface area contributed by atoms with E-state index in [1.165, 1.54) is 0 Å². The molecule has 8 rings (SSSR count). The zero-order valence-electron chi connectivity index (χ0n) is 32.8. The van der Waals surface area contributed by atoms with Crippen LogP contribution in [0, 0.1) is 5.92 Å². The molecule has 1 saturated heterocycles. The van der Waals surface area contributed by atoms with Crippen molar-refractivity contribution >= 4 is 23.2 Å². The highest BCUT2D eigenvalue weighted by Crippen LogP contribution is 2.41. The van der Waals surface area contributed by atoms with Gasteiger partial charge in [0.2, 0.25) is 0 Å². The van der Waals surface area contributed by atoms with Gasteiger partial charge in [0.05, 0.1) is 29.4 Å². The van der Waals surface area contributed by atoms with Crippen molar-refractivity contribution in [2.75, 3.05) is 19.7 Å². The number of imidazole rings is 2. The number of alkyl carbamates (subject to hydrolysis) is 1. The number of nitrogens with zero attached hydrogens (tertiary/aromatic N) is 3. The highest BCUT2D eigenvalue weighted by molar-refractivity contribution is 5.83. The van der Waals surface area contributed by atoms with E-state index in [-0.39, 0.29) is 24.1 Å². The molecule has 2 fully saturated rings. The Bertz CT molecular complexity index is 2210. The quantitative estimate of drug-likeness (QED) is 0.158. The molecule has 0 radical (unpaired) electrons. The molecule has 2 aliphatic heterocycles. The average molecular weight is 745 g/mol. The second kappa shape index (κ2) is 14.4. The molecule has 1 saturated carbocycles. The molecule has 0 bridgehead atoms. The fourth-order valence-electron chi connectivity index (χ4n) is 8.27. The minimum Gasteiger partial charge on any atom is -0.492 e. The Labute approximate surface area is 322 Å². The van der Waals surface area contributed by atoms with Crippen LogP contribution in [0.1, 0.15) is 103 Å². The smallest absolute Gasteiger partial charge is 0.410 e. The first-order chi connectivity index (χ1) is 26.3. The van der Waals surface area contributed by atoms with Crippen LogP contribution in [0.5, 0.6) is 5.75 Å². The first kappa shape index (κ1) is 36.6. The lowest BCUT2D eigenvalue weighted by atomic mass is 9.95. The normalized spacial score (nSPS) is 19.7. The predicted octanol–water partition coefficient (Wildman–Crippen LogP) is 9.70. The van der Waals surface area contributed by atoms with E-state index < -0.39 is 11.2 Å². The molecule has 2 amide bonds. The molecular weight excluding hydrogens is 693 g/mol. The topological polar surface area (TPSA) is 134 Å². The molecule has 11 heteroatoms. The molecule has 4 heterocycles. The summed E-state index contributed by atoms with van der Waals surface area (Å²) in [5, 5.41) is 2.97. The summed E-state index contributed by atoms with van der Waals surface area (Å²) >= 11 is 0. The van der Waals surface area contributed by atoms with Gasteiger partial charge in [0.1, 0.15) is 28.6 Å². The van der Waals surface area contributed by atoms with Gasteiger partial charge in [0, 0.05) is 36.7 Å². The third-order valence-electron chi connectivity index (χ3n) is 10.8. The van der Waals surface area contributed by atoms with E-state index in [0.29, 0.717) is 32.0 Å². The molecule has 11 nitrogen and oxygen atoms in total. The fraction of sp³-hybridized carbons (Fsp3) is 0.455. The molecule has 0 spiro atoms. The van der Waals surface area contributed by atoms with Crippen molar-refractivity contribution in [1.29, 1.82) is 0 Å². The lowest BCUT2D eigenvalue weighted by Crippen LogP contribution is -2.36. The summed E-state index contributed by atoms with van der Waals surface area (Å²) in [6.07, 6.45) is 5.00. The summed E-state index contributed by atoms with van der Waals surface area (Å²) in [6.45, 7) is 13.1. The van der Waals surface area contributed by atoms with Crippen LogP contribution < -0.4 is 10.1 Å². The summed E-state index contributed by atoms with van der Waals surface area (Å²) in [5.74, 6) is 3.17. The minimum atomic E-state index is -0.552. The van der Waals surface area contributed by atoms with Crippen LogP contribution in [0.3, 0.4) is 0 Å². The second-order valence-corrected chi connectivity index (χ2v) is 17.2. The van der Waals surface area contributed by atoms with Gasteiger partial charge in [-0.25, -0.2) is 19.6 Å². The Balaban J connectivity index is 0.967. The highest BCUT2D eigenvalue weighted by Gasteiger charge is 2.36. The van der Waals surface area contributed by atoms with E-state index in [4.69, 9.17) is 24.2 Å². The summed E-state index contributed by atoms with van der Waals surface area (Å²) in [7, 11) is 0. The van der Waals surface area contributed by atoms with Gasteiger partial charge in [-0.3, -0.25) is 4.90 Å². The molecule has 1 aliphatic carbocycles. The summed E-state index contributed by atoms with van der Waals surface area (Å²) in [5.41, 5.74) is 8.15. The van der Waals surface area contributed by atoms with Gasteiger partial charge in [-0.05, 0) is 120 Å². The molecule has 288 valence electrons. The van der Waals surface area contributed by atoms with Gasteiger partial charge in [0.15, 0.2) is 0 Å². The molecule has 3 atom stereocenters. The van der Waals surface area contributed by atoms with E-state index in [0.717, 1.165) is 99.7 Å². The Hall–Kier alpha value is -5.32. The number of hydrogen-bond donors (Lipinski definition) is 3. The van der Waals surface area contributed by atoms with Gasteiger partial charge in [-0.1, -0.05) is 42.8 Å². The van der Waals surface area contributed by atoms with Crippen molar-refractivity contribution in [3.05, 3.63) is 78.0 Å². The van der Waals surface area contributed by atoms with E-state index in [1.54, 1.807) is 4.90 Å². The minimum absolute atomic E-state index is 0.139. The molecule has 3 N–H and O–H groups in total. The molecule has 2 aromatic heterocycles. The van der Waals surface area contributed by atoms with Crippen molar-refractivity contribution < 1.29 is 23.8 Å². The van der Waals surface area contributed by atoms with Crippen molar-refractivity contribution in [2.45, 2.75) is 103 Å². The number of fused-ring (bicyclic) bond motifs is 4. The fourth-order valence-corrected chi connectivity index (χ4v) is 8.27. The number of carbonyl (C=O) groups is 2. The monoisotopic (exact) mass is 744 g/mol. The SMILES string of the molecule is CC(C)(C)OC(=O)NCC1CCCC1c1nc2ccc(-c3ccc(-c4ccc5c(c4)OCCc4[nH]c(C6CCCN6C(=O)OC(C)(C)C)nc4-5)cc3)cc2[nH]1. The Morgan fingerprint density at radius 1 is 0.818 bits per heavy atom. The molecule has 3 aromatic carbocycles. The summed E-state index contributed by atoms with van der Waals surface area (Å²) in [4.78, 5) is 44.3. The number of H-pyrrole nitrogens is 2. The lowest BCUT2D eigenvalue weighted by molar-refractivity contribution is 0.0218. The molecule has 5 aromatic rings. The number of benzene rings is 3. The summed E-state index contributed by atoms with van der Waals surface area (Å²) in [6, 6.07) is 21.2. The average Bonchev–Trinajstić information content (AvgIpc) is 3.94. The van der Waals surface area contributed by atoms with Crippen molar-refractivity contribution in [2.24, 2.45) is 5.92 Å². The molecular formula is C44H52N6O5. The largest absolute Gasteiger partial charge is 0.492 e. The number of aromatic amines is 2. The number of likely N-dealkylation sites (tertiary alicyclic amines) is 1. The maximum Gasteiger partial charge on any atom is 0.410 e. The van der Waals surface area contributed by atoms with Gasteiger partial charge >= 0.3 is 12.2 Å². The van der Waals surface area contributed by atoms with Crippen LogP contribution in [0.25, 0.3) is 44.5 Å². The number of nitrogens with one attached hydrogen (secondary N) is 3. The van der Waals surface area contributed by atoms with E-state index >= 15 is 0 Å². The van der Waals surface area contributed by atoms with Crippen LogP contribution >= 0.6 is 0 Å². The van der Waals surface area contributed by atoms with E-state index in [9.17, 15) is 9.59 Å². The predicted molar refractivity (Wildman–Crippen MR) is 213 cm³/mol. The van der Waals surface area contributed by atoms with Crippen LogP contribution in [0.2, 0.25) is 0 Å². The lowest BCUT2D eigenvalue weighted by Gasteiger charge is -2.27. The van der Waals surface area contributed by atoms with Crippen molar-refractivity contribution in [3.8, 4) is 39.3 Å². The van der Waals surface area contributed by atoms with Crippen LogP contribution in [0.4, 0.5) is 9.59 Å². The maximum atomic E-state index is 13.0. The first-order valence-corrected chi connectivity index (χ1v) is 19.7. The first-order valence-electron chi connectivity index (χ1n) is 19.7. The van der Waals surface area contributed by atoms with E-state index in [2.05, 4.69) is 75.9 Å². The molecule has 3 aliphatic rings. The zero-order chi connectivity index (χ0) is 38.5. The zero-order valence-corrected chi connectivity index (χ0v) is 32.8. The second-order valence-electron chi connectivity index (χ2n) is 17.2. The number of amides is 2. The van der Waals surface area contributed by atoms with Crippen LogP contribution in [-0.4, -0.2) is 67.9 Å². The number of ether oxygens (including phenoxy) is 3. The Kier molecular flexibility index (Phi) is 9.59. The van der Waals surface area contributed by atoms with Gasteiger partial charge in [0.25, 0.3) is 0 Å². The molecule has 55 heavy (non-hydrogen) atoms. The third-order valence-corrected chi connectivity index (χ3v) is 10.8. The Morgan fingerprint density at radius 3 is 2.27 bits per heavy atom. The van der Waals surface area contributed by atoms with Gasteiger partial charge < -0.3 is 29.5 Å². The molecule has 3 unspecified atom stereocenters. The number of hydrogen-bond acceptors (Lipinski definition) is 7.